The number of aromatic nitrogens is 1. The summed E-state index contributed by atoms with van der Waals surface area (Å²) in [6.45, 7) is 0. The van der Waals surface area contributed by atoms with E-state index in [9.17, 15) is 17.8 Å². The summed E-state index contributed by atoms with van der Waals surface area (Å²) in [5.41, 5.74) is 0.742. The third-order valence-corrected chi connectivity index (χ3v) is 5.19. The Balaban J connectivity index is 2.35. The van der Waals surface area contributed by atoms with Gasteiger partial charge in [-0.3, -0.25) is 9.79 Å². The molecule has 2 unspecified atom stereocenters. The fraction of sp³-hybridized carbons (Fsp3) is 0.190. The lowest BCUT2D eigenvalue weighted by Gasteiger charge is -2.15. The van der Waals surface area contributed by atoms with Crippen LogP contribution in [0.15, 0.2) is 46.3 Å². The van der Waals surface area contributed by atoms with E-state index in [2.05, 4.69) is 9.71 Å². The topological polar surface area (TPSA) is 87.3 Å². The first kappa shape index (κ1) is 21.5. The third-order valence-electron chi connectivity index (χ3n) is 4.68. The lowest BCUT2D eigenvalue weighted by Crippen LogP contribution is -2.17. The van der Waals surface area contributed by atoms with Crippen molar-refractivity contribution in [2.75, 3.05) is 18.0 Å². The summed E-state index contributed by atoms with van der Waals surface area (Å²) in [5, 5.41) is 8.45. The molecule has 30 heavy (non-hydrogen) atoms. The predicted octanol–water partition coefficient (Wildman–Crippen LogP) is 3.62. The van der Waals surface area contributed by atoms with Gasteiger partial charge in [-0.1, -0.05) is 6.07 Å². The number of pyridine rings is 1. The van der Waals surface area contributed by atoms with E-state index in [1.807, 2.05) is 0 Å². The second kappa shape index (κ2) is 8.66. The van der Waals surface area contributed by atoms with Crippen molar-refractivity contribution in [1.82, 2.24) is 4.57 Å². The van der Waals surface area contributed by atoms with Crippen LogP contribution in [0.5, 0.6) is 0 Å². The average molecular weight is 430 g/mol. The molecule has 2 atom stereocenters. The number of anilines is 1. The molecule has 0 aliphatic carbocycles. The highest BCUT2D eigenvalue weighted by molar-refractivity contribution is 7.85. The number of aryl methyl sites for hydroxylation is 1. The predicted molar refractivity (Wildman–Crippen MR) is 118 cm³/mol. The number of nitrogens with one attached hydrogen (secondary N) is 2. The summed E-state index contributed by atoms with van der Waals surface area (Å²) in [4.78, 5) is 16.6. The number of benzene rings is 2. The van der Waals surface area contributed by atoms with Crippen LogP contribution in [0.1, 0.15) is 11.5 Å². The summed E-state index contributed by atoms with van der Waals surface area (Å²) in [6, 6.07) is 7.00. The zero-order valence-electron chi connectivity index (χ0n) is 16.6. The quantitative estimate of drug-likeness (QED) is 0.585. The second-order valence-electron chi connectivity index (χ2n) is 6.73. The summed E-state index contributed by atoms with van der Waals surface area (Å²) in [6.07, 6.45) is 5.62. The molecule has 0 amide bonds. The van der Waals surface area contributed by atoms with Crippen molar-refractivity contribution in [3.63, 3.8) is 0 Å². The van der Waals surface area contributed by atoms with Crippen molar-refractivity contribution in [2.45, 2.75) is 5.92 Å². The van der Waals surface area contributed by atoms with E-state index in [0.29, 0.717) is 21.9 Å². The molecular formula is C21H20F2N4O2S. The molecule has 1 aromatic heterocycles. The molecule has 0 spiro atoms. The SMILES string of the molecule is CN=CC(C=N)c1ccc2c(=O)n(C)cc(-c3cc(NS(C)=O)c(F)cc3F)c2c1. The molecule has 2 N–H and O–H groups in total. The number of hydrogen-bond donors (Lipinski definition) is 2. The van der Waals surface area contributed by atoms with Crippen molar-refractivity contribution in [3.05, 3.63) is 64.1 Å². The van der Waals surface area contributed by atoms with Gasteiger partial charge in [0.2, 0.25) is 0 Å². The Bertz CT molecular complexity index is 1250. The highest BCUT2D eigenvalue weighted by Crippen LogP contribution is 2.33. The van der Waals surface area contributed by atoms with E-state index >= 15 is 0 Å². The minimum Gasteiger partial charge on any atom is -0.317 e. The first-order valence-corrected chi connectivity index (χ1v) is 10.5. The van der Waals surface area contributed by atoms with Crippen LogP contribution < -0.4 is 10.3 Å². The highest BCUT2D eigenvalue weighted by atomic mass is 32.2. The fourth-order valence-electron chi connectivity index (χ4n) is 3.28. The minimum absolute atomic E-state index is 0.0534. The monoisotopic (exact) mass is 430 g/mol. The summed E-state index contributed by atoms with van der Waals surface area (Å²) >= 11 is 0. The zero-order valence-corrected chi connectivity index (χ0v) is 17.4. The van der Waals surface area contributed by atoms with E-state index in [0.717, 1.165) is 6.07 Å². The lowest BCUT2D eigenvalue weighted by atomic mass is 9.94. The number of hydrogen-bond acceptors (Lipinski definition) is 4. The first-order valence-electron chi connectivity index (χ1n) is 8.92. The van der Waals surface area contributed by atoms with E-state index in [-0.39, 0.29) is 16.8 Å². The average Bonchev–Trinajstić information content (AvgIpc) is 2.70. The van der Waals surface area contributed by atoms with Crippen LogP contribution in [0.4, 0.5) is 14.5 Å². The maximum absolute atomic E-state index is 14.8. The Kier molecular flexibility index (Phi) is 6.21. The third kappa shape index (κ3) is 4.06. The van der Waals surface area contributed by atoms with Gasteiger partial charge in [0.1, 0.15) is 22.6 Å². The molecule has 0 aliphatic heterocycles. The van der Waals surface area contributed by atoms with Crippen molar-refractivity contribution >= 4 is 39.9 Å². The molecule has 156 valence electrons. The fourth-order valence-corrected chi connectivity index (χ4v) is 3.75. The molecule has 1 heterocycles. The van der Waals surface area contributed by atoms with Crippen LogP contribution in [-0.2, 0) is 18.0 Å². The van der Waals surface area contributed by atoms with Gasteiger partial charge in [0.25, 0.3) is 5.56 Å². The Hall–Kier alpha value is -3.20. The molecular weight excluding hydrogens is 410 g/mol. The van der Waals surface area contributed by atoms with Crippen LogP contribution in [0.2, 0.25) is 0 Å². The number of nitrogens with zero attached hydrogens (tertiary/aromatic N) is 2. The molecule has 0 radical (unpaired) electrons. The maximum Gasteiger partial charge on any atom is 0.258 e. The van der Waals surface area contributed by atoms with Crippen molar-refractivity contribution in [3.8, 4) is 11.1 Å². The lowest BCUT2D eigenvalue weighted by molar-refractivity contribution is 0.588. The van der Waals surface area contributed by atoms with Gasteiger partial charge in [-0.15, -0.1) is 0 Å². The Morgan fingerprint density at radius 3 is 2.53 bits per heavy atom. The van der Waals surface area contributed by atoms with Gasteiger partial charge in [0.15, 0.2) is 0 Å². The molecule has 0 saturated heterocycles. The standard InChI is InChI=1S/C21H20F2N4O2S/c1-25-10-13(9-24)12-4-5-14-15(6-12)17(11-27(2)21(14)28)16-7-20(26-30(3)29)19(23)8-18(16)22/h4-11,13,24,26H,1-3H3. The van der Waals surface area contributed by atoms with Gasteiger partial charge in [-0.2, -0.15) is 0 Å². The normalized spacial score (nSPS) is 13.5. The van der Waals surface area contributed by atoms with Crippen LogP contribution in [0, 0.1) is 17.0 Å². The van der Waals surface area contributed by atoms with Crippen molar-refractivity contribution in [2.24, 2.45) is 12.0 Å². The maximum atomic E-state index is 14.8. The minimum atomic E-state index is -1.55. The van der Waals surface area contributed by atoms with Gasteiger partial charge in [-0.05, 0) is 29.1 Å². The highest BCUT2D eigenvalue weighted by Gasteiger charge is 2.18. The van der Waals surface area contributed by atoms with E-state index in [4.69, 9.17) is 5.41 Å². The van der Waals surface area contributed by atoms with Crippen molar-refractivity contribution in [1.29, 1.82) is 5.41 Å². The van der Waals surface area contributed by atoms with Gasteiger partial charge >= 0.3 is 0 Å². The second-order valence-corrected chi connectivity index (χ2v) is 7.84. The molecule has 0 bridgehead atoms. The summed E-state index contributed by atoms with van der Waals surface area (Å²) in [7, 11) is 1.59. The largest absolute Gasteiger partial charge is 0.317 e. The van der Waals surface area contributed by atoms with Gasteiger partial charge in [0.05, 0.1) is 11.6 Å². The van der Waals surface area contributed by atoms with Gasteiger partial charge in [-0.25, -0.2) is 13.0 Å². The van der Waals surface area contributed by atoms with Crippen LogP contribution in [0.25, 0.3) is 21.9 Å². The number of fused-ring (bicyclic) bond motifs is 1. The summed E-state index contributed by atoms with van der Waals surface area (Å²) in [5.74, 6) is -2.09. The zero-order chi connectivity index (χ0) is 22.0. The molecule has 3 rings (SSSR count). The van der Waals surface area contributed by atoms with E-state index in [1.165, 1.54) is 29.3 Å². The molecule has 6 nitrogen and oxygen atoms in total. The molecule has 0 fully saturated rings. The van der Waals surface area contributed by atoms with Crippen LogP contribution in [0.3, 0.4) is 0 Å². The molecule has 0 saturated carbocycles. The Morgan fingerprint density at radius 2 is 1.90 bits per heavy atom. The molecule has 0 aliphatic rings. The molecule has 2 aromatic carbocycles. The summed E-state index contributed by atoms with van der Waals surface area (Å²) < 4.78 is 44.2. The van der Waals surface area contributed by atoms with Gasteiger partial charge < -0.3 is 14.7 Å². The molecule has 9 heteroatoms. The van der Waals surface area contributed by atoms with Crippen LogP contribution in [-0.4, -0.2) is 34.5 Å². The Labute approximate surface area is 174 Å². The van der Waals surface area contributed by atoms with Gasteiger partial charge in [0, 0.05) is 61.6 Å². The smallest absolute Gasteiger partial charge is 0.258 e. The van der Waals surface area contributed by atoms with Crippen LogP contribution >= 0.6 is 0 Å². The van der Waals surface area contributed by atoms with E-state index in [1.54, 1.807) is 38.5 Å². The van der Waals surface area contributed by atoms with E-state index < -0.39 is 28.5 Å². The first-order chi connectivity index (χ1) is 14.3. The number of halogens is 2. The number of aliphatic imine (C=N–C) groups is 1. The molecule has 3 aromatic rings. The Morgan fingerprint density at radius 1 is 1.17 bits per heavy atom. The number of rotatable bonds is 6. The van der Waals surface area contributed by atoms with Crippen molar-refractivity contribution < 1.29 is 13.0 Å².